The number of rotatable bonds is 3. The highest BCUT2D eigenvalue weighted by atomic mass is 79.9. The number of hydrogen-bond acceptors (Lipinski definition) is 2. The molecule has 0 saturated carbocycles. The molecule has 1 amide bonds. The van der Waals surface area contributed by atoms with Gasteiger partial charge in [0.15, 0.2) is 29.0 Å². The van der Waals surface area contributed by atoms with E-state index in [0.29, 0.717) is 4.68 Å². The summed E-state index contributed by atoms with van der Waals surface area (Å²) >= 11 is 2.71. The van der Waals surface area contributed by atoms with Crippen molar-refractivity contribution >= 4 is 27.5 Å². The first-order valence-corrected chi connectivity index (χ1v) is 7.61. The van der Waals surface area contributed by atoms with Crippen LogP contribution in [0.25, 0.3) is 0 Å². The van der Waals surface area contributed by atoms with Crippen LogP contribution in [0.3, 0.4) is 0 Å². The van der Waals surface area contributed by atoms with E-state index in [9.17, 15) is 35.5 Å². The molecule has 0 saturated heterocycles. The van der Waals surface area contributed by atoms with Crippen molar-refractivity contribution in [2.45, 2.75) is 26.1 Å². The SMILES string of the molecule is Cc1c(Br)c(C(F)(F)F)nn1C(C)C(=O)Nc1c(F)c(F)cc(F)c1F. The van der Waals surface area contributed by atoms with Crippen molar-refractivity contribution in [3.63, 3.8) is 0 Å². The molecule has 0 spiro atoms. The Morgan fingerprint density at radius 3 is 2.12 bits per heavy atom. The minimum absolute atomic E-state index is 0.0475. The number of halogens is 8. The monoisotopic (exact) mass is 447 g/mol. The first-order valence-electron chi connectivity index (χ1n) is 6.81. The van der Waals surface area contributed by atoms with E-state index >= 15 is 0 Å². The van der Waals surface area contributed by atoms with Gasteiger partial charge in [0, 0.05) is 6.07 Å². The number of amides is 1. The number of alkyl halides is 3. The van der Waals surface area contributed by atoms with E-state index in [0.717, 1.165) is 6.92 Å². The number of benzene rings is 1. The maximum atomic E-state index is 13.6. The summed E-state index contributed by atoms with van der Waals surface area (Å²) in [6.45, 7) is 2.31. The Bertz CT molecular complexity index is 852. The molecule has 0 fully saturated rings. The zero-order valence-electron chi connectivity index (χ0n) is 13.0. The Morgan fingerprint density at radius 2 is 1.69 bits per heavy atom. The molecular formula is C14H9BrF7N3O. The Kier molecular flexibility index (Phi) is 5.36. The Hall–Kier alpha value is -2.11. The zero-order valence-corrected chi connectivity index (χ0v) is 14.6. The van der Waals surface area contributed by atoms with E-state index in [1.54, 1.807) is 5.32 Å². The van der Waals surface area contributed by atoms with Gasteiger partial charge in [-0.25, -0.2) is 17.6 Å². The molecule has 1 atom stereocenters. The summed E-state index contributed by atoms with van der Waals surface area (Å²) in [5.41, 5.74) is -2.78. The molecule has 0 aliphatic heterocycles. The van der Waals surface area contributed by atoms with Crippen molar-refractivity contribution in [2.75, 3.05) is 5.32 Å². The van der Waals surface area contributed by atoms with Crippen molar-refractivity contribution < 1.29 is 35.5 Å². The lowest BCUT2D eigenvalue weighted by Crippen LogP contribution is -2.27. The lowest BCUT2D eigenvalue weighted by Gasteiger charge is -2.15. The van der Waals surface area contributed by atoms with Crippen LogP contribution in [-0.2, 0) is 11.0 Å². The number of carbonyl (C=O) groups excluding carboxylic acids is 1. The van der Waals surface area contributed by atoms with Gasteiger partial charge in [-0.15, -0.1) is 0 Å². The number of aromatic nitrogens is 2. The molecule has 26 heavy (non-hydrogen) atoms. The van der Waals surface area contributed by atoms with Crippen molar-refractivity contribution in [1.29, 1.82) is 0 Å². The van der Waals surface area contributed by atoms with Gasteiger partial charge in [0.1, 0.15) is 11.7 Å². The van der Waals surface area contributed by atoms with E-state index < -0.39 is 57.2 Å². The van der Waals surface area contributed by atoms with Crippen LogP contribution in [0.2, 0.25) is 0 Å². The van der Waals surface area contributed by atoms with Crippen LogP contribution in [0.4, 0.5) is 36.4 Å². The van der Waals surface area contributed by atoms with E-state index in [2.05, 4.69) is 21.0 Å². The van der Waals surface area contributed by atoms with E-state index in [-0.39, 0.29) is 11.8 Å². The second-order valence-corrected chi connectivity index (χ2v) is 5.99. The maximum absolute atomic E-state index is 13.6. The van der Waals surface area contributed by atoms with Gasteiger partial charge in [-0.3, -0.25) is 9.48 Å². The number of anilines is 1. The lowest BCUT2D eigenvalue weighted by molar-refractivity contribution is -0.142. The van der Waals surface area contributed by atoms with Crippen LogP contribution >= 0.6 is 15.9 Å². The van der Waals surface area contributed by atoms with Crippen molar-refractivity contribution in [2.24, 2.45) is 0 Å². The number of nitrogens with zero attached hydrogens (tertiary/aromatic N) is 2. The summed E-state index contributed by atoms with van der Waals surface area (Å²) in [5.74, 6) is -8.43. The summed E-state index contributed by atoms with van der Waals surface area (Å²) in [6.07, 6.45) is -4.81. The Morgan fingerprint density at radius 1 is 1.19 bits per heavy atom. The molecular weight excluding hydrogens is 439 g/mol. The third-order valence-corrected chi connectivity index (χ3v) is 4.40. The molecule has 142 valence electrons. The minimum Gasteiger partial charge on any atom is -0.319 e. The largest absolute Gasteiger partial charge is 0.436 e. The molecule has 2 rings (SSSR count). The smallest absolute Gasteiger partial charge is 0.319 e. The average Bonchev–Trinajstić information content (AvgIpc) is 2.84. The van der Waals surface area contributed by atoms with Crippen LogP contribution in [0.1, 0.15) is 24.4 Å². The predicted molar refractivity (Wildman–Crippen MR) is 79.3 cm³/mol. The summed E-state index contributed by atoms with van der Waals surface area (Å²) < 4.78 is 92.3. The van der Waals surface area contributed by atoms with Gasteiger partial charge in [0.25, 0.3) is 0 Å². The summed E-state index contributed by atoms with van der Waals surface area (Å²) in [7, 11) is 0. The number of hydrogen-bond donors (Lipinski definition) is 1. The first kappa shape index (κ1) is 20.2. The van der Waals surface area contributed by atoms with Crippen LogP contribution in [0, 0.1) is 30.2 Å². The topological polar surface area (TPSA) is 46.9 Å². The van der Waals surface area contributed by atoms with E-state index in [1.807, 2.05) is 0 Å². The molecule has 0 radical (unpaired) electrons. The summed E-state index contributed by atoms with van der Waals surface area (Å²) in [5, 5.41) is 4.90. The summed E-state index contributed by atoms with van der Waals surface area (Å²) in [6, 6.07) is -1.53. The van der Waals surface area contributed by atoms with Gasteiger partial charge in [0.05, 0.1) is 10.2 Å². The Labute approximate surface area is 150 Å². The van der Waals surface area contributed by atoms with Gasteiger partial charge in [0.2, 0.25) is 5.91 Å². The fraction of sp³-hybridized carbons (Fsp3) is 0.286. The maximum Gasteiger partial charge on any atom is 0.436 e. The van der Waals surface area contributed by atoms with Gasteiger partial charge in [-0.1, -0.05) is 0 Å². The molecule has 1 aromatic carbocycles. The minimum atomic E-state index is -4.81. The fourth-order valence-electron chi connectivity index (χ4n) is 2.08. The van der Waals surface area contributed by atoms with E-state index in [1.165, 1.54) is 6.92 Å². The zero-order chi connectivity index (χ0) is 20.0. The number of carbonyl (C=O) groups is 1. The molecule has 1 N–H and O–H groups in total. The summed E-state index contributed by atoms with van der Waals surface area (Å²) in [4.78, 5) is 12.1. The van der Waals surface area contributed by atoms with E-state index in [4.69, 9.17) is 0 Å². The third kappa shape index (κ3) is 3.55. The molecule has 0 aliphatic rings. The molecule has 12 heteroatoms. The quantitative estimate of drug-likeness (QED) is 0.546. The highest BCUT2D eigenvalue weighted by molar-refractivity contribution is 9.10. The second-order valence-electron chi connectivity index (χ2n) is 5.20. The second kappa shape index (κ2) is 6.89. The molecule has 4 nitrogen and oxygen atoms in total. The van der Waals surface area contributed by atoms with Crippen LogP contribution in [0.5, 0.6) is 0 Å². The van der Waals surface area contributed by atoms with Gasteiger partial charge < -0.3 is 5.32 Å². The highest BCUT2D eigenvalue weighted by Crippen LogP contribution is 2.36. The van der Waals surface area contributed by atoms with Crippen LogP contribution < -0.4 is 5.32 Å². The van der Waals surface area contributed by atoms with Gasteiger partial charge in [-0.2, -0.15) is 18.3 Å². The lowest BCUT2D eigenvalue weighted by atomic mass is 10.2. The van der Waals surface area contributed by atoms with Crippen LogP contribution in [-0.4, -0.2) is 15.7 Å². The molecule has 0 bridgehead atoms. The van der Waals surface area contributed by atoms with Crippen LogP contribution in [0.15, 0.2) is 10.5 Å². The fourth-order valence-corrected chi connectivity index (χ4v) is 2.56. The van der Waals surface area contributed by atoms with Crippen molar-refractivity contribution in [1.82, 2.24) is 9.78 Å². The van der Waals surface area contributed by atoms with Gasteiger partial charge >= 0.3 is 6.18 Å². The normalized spacial score (nSPS) is 13.0. The molecule has 1 aromatic heterocycles. The molecule has 1 unspecified atom stereocenters. The highest BCUT2D eigenvalue weighted by Gasteiger charge is 2.39. The Balaban J connectivity index is 2.38. The van der Waals surface area contributed by atoms with Gasteiger partial charge in [-0.05, 0) is 29.8 Å². The predicted octanol–water partition coefficient (Wildman–Crippen LogP) is 4.73. The first-order chi connectivity index (χ1) is 11.9. The average molecular weight is 448 g/mol. The van der Waals surface area contributed by atoms with Crippen molar-refractivity contribution in [3.05, 3.63) is 45.2 Å². The standard InChI is InChI=1S/C14H9BrF7N3O/c1-4-8(15)12(14(20,21)22)24-25(4)5(2)13(26)23-11-9(18)6(16)3-7(17)10(11)19/h3,5H,1-2H3,(H,23,26). The molecule has 2 aromatic rings. The molecule has 0 aliphatic carbocycles. The third-order valence-electron chi connectivity index (χ3n) is 3.45. The number of nitrogens with one attached hydrogen (secondary N) is 1. The molecule has 1 heterocycles. The van der Waals surface area contributed by atoms with Crippen molar-refractivity contribution in [3.8, 4) is 0 Å².